The normalized spacial score (nSPS) is 22.6. The number of fused-ring (bicyclic) bond motifs is 1. The van der Waals surface area contributed by atoms with Crippen LogP contribution in [0.1, 0.15) is 72.9 Å². The summed E-state index contributed by atoms with van der Waals surface area (Å²) in [5.41, 5.74) is 4.77. The van der Waals surface area contributed by atoms with Gasteiger partial charge < -0.3 is 0 Å². The molecule has 2 aliphatic rings. The van der Waals surface area contributed by atoms with E-state index in [1.807, 2.05) is 0 Å². The molecule has 1 atom stereocenters. The zero-order chi connectivity index (χ0) is 13.1. The molecule has 0 amide bonds. The van der Waals surface area contributed by atoms with Crippen molar-refractivity contribution in [2.75, 3.05) is 0 Å². The minimum Gasteiger partial charge on any atom is -0.0836 e. The highest BCUT2D eigenvalue weighted by atomic mass is 79.9. The second kappa shape index (κ2) is 6.43. The lowest BCUT2D eigenvalue weighted by Crippen LogP contribution is -2.09. The van der Waals surface area contributed by atoms with Crippen LogP contribution in [0.2, 0.25) is 0 Å². The maximum Gasteiger partial charge on any atom is 0.0423 e. The van der Waals surface area contributed by atoms with Gasteiger partial charge in [-0.2, -0.15) is 0 Å². The molecule has 1 fully saturated rings. The Balaban J connectivity index is 1.76. The summed E-state index contributed by atoms with van der Waals surface area (Å²) in [6.07, 6.45) is 13.9. The van der Waals surface area contributed by atoms with Crippen molar-refractivity contribution in [3.8, 4) is 0 Å². The van der Waals surface area contributed by atoms with Crippen molar-refractivity contribution < 1.29 is 0 Å². The van der Waals surface area contributed by atoms with Crippen LogP contribution in [-0.2, 0) is 12.8 Å². The molecule has 1 saturated carbocycles. The molecule has 1 heteroatoms. The van der Waals surface area contributed by atoms with Crippen molar-refractivity contribution in [1.82, 2.24) is 0 Å². The van der Waals surface area contributed by atoms with Crippen LogP contribution >= 0.6 is 15.9 Å². The lowest BCUT2D eigenvalue weighted by molar-refractivity contribution is 0.454. The molecule has 3 rings (SSSR count). The van der Waals surface area contributed by atoms with E-state index < -0.39 is 0 Å². The number of aryl methyl sites for hydroxylation is 2. The van der Waals surface area contributed by atoms with Gasteiger partial charge in [0.25, 0.3) is 0 Å². The second-order valence-electron chi connectivity index (χ2n) is 6.39. The summed E-state index contributed by atoms with van der Waals surface area (Å²) in [7, 11) is 0. The highest BCUT2D eigenvalue weighted by Crippen LogP contribution is 2.40. The largest absolute Gasteiger partial charge is 0.0836 e. The van der Waals surface area contributed by atoms with Crippen LogP contribution in [-0.4, -0.2) is 0 Å². The van der Waals surface area contributed by atoms with Gasteiger partial charge in [-0.1, -0.05) is 59.8 Å². The Hall–Kier alpha value is -0.300. The van der Waals surface area contributed by atoms with Gasteiger partial charge in [-0.15, -0.1) is 0 Å². The van der Waals surface area contributed by atoms with Crippen molar-refractivity contribution in [2.45, 2.75) is 69.0 Å². The van der Waals surface area contributed by atoms with E-state index in [1.165, 1.54) is 69.8 Å². The topological polar surface area (TPSA) is 0 Å². The first kappa shape index (κ1) is 13.7. The third-order valence-corrected chi connectivity index (χ3v) is 6.28. The molecule has 0 nitrogen and oxygen atoms in total. The van der Waals surface area contributed by atoms with E-state index in [9.17, 15) is 0 Å². The van der Waals surface area contributed by atoms with E-state index in [0.717, 1.165) is 5.92 Å². The molecule has 0 bridgehead atoms. The molecule has 19 heavy (non-hydrogen) atoms. The van der Waals surface area contributed by atoms with E-state index in [-0.39, 0.29) is 0 Å². The smallest absolute Gasteiger partial charge is 0.0423 e. The number of hydrogen-bond acceptors (Lipinski definition) is 0. The first-order valence-electron chi connectivity index (χ1n) is 8.10. The Labute approximate surface area is 126 Å². The van der Waals surface area contributed by atoms with Gasteiger partial charge >= 0.3 is 0 Å². The molecule has 0 N–H and O–H groups in total. The summed E-state index contributed by atoms with van der Waals surface area (Å²) < 4.78 is 0. The van der Waals surface area contributed by atoms with E-state index in [0.29, 0.717) is 4.83 Å². The Bertz CT molecular complexity index is 416. The molecule has 0 aromatic heterocycles. The summed E-state index contributed by atoms with van der Waals surface area (Å²) in [6.45, 7) is 0. The number of halogens is 1. The maximum atomic E-state index is 4.01. The average molecular weight is 321 g/mol. The molecule has 0 radical (unpaired) electrons. The summed E-state index contributed by atoms with van der Waals surface area (Å²) in [5.74, 6) is 0.851. The highest BCUT2D eigenvalue weighted by Gasteiger charge is 2.22. The molecule has 1 unspecified atom stereocenters. The predicted molar refractivity (Wildman–Crippen MR) is 85.9 cm³/mol. The Kier molecular flexibility index (Phi) is 4.63. The first-order valence-corrected chi connectivity index (χ1v) is 9.02. The second-order valence-corrected chi connectivity index (χ2v) is 7.38. The third-order valence-electron chi connectivity index (χ3n) is 5.00. The quantitative estimate of drug-likeness (QED) is 0.465. The van der Waals surface area contributed by atoms with Gasteiger partial charge in [-0.05, 0) is 61.1 Å². The summed E-state index contributed by atoms with van der Waals surface area (Å²) in [5, 5.41) is 0. The first-order chi connectivity index (χ1) is 9.34. The molecular formula is C18H25Br. The Morgan fingerprint density at radius 3 is 2.26 bits per heavy atom. The molecule has 1 aromatic carbocycles. The zero-order valence-corrected chi connectivity index (χ0v) is 13.4. The Morgan fingerprint density at radius 1 is 0.842 bits per heavy atom. The van der Waals surface area contributed by atoms with Gasteiger partial charge in [0.15, 0.2) is 0 Å². The summed E-state index contributed by atoms with van der Waals surface area (Å²) in [6, 6.07) is 7.28. The summed E-state index contributed by atoms with van der Waals surface area (Å²) >= 11 is 4.01. The number of alkyl halides is 1. The predicted octanol–water partition coefficient (Wildman–Crippen LogP) is 5.97. The van der Waals surface area contributed by atoms with Crippen LogP contribution in [0, 0.1) is 5.92 Å². The van der Waals surface area contributed by atoms with Gasteiger partial charge in [0.1, 0.15) is 0 Å². The SMILES string of the molecule is BrC(c1ccc2c(c1)CCCC2)C1CCCCCC1. The fraction of sp³-hybridized carbons (Fsp3) is 0.667. The van der Waals surface area contributed by atoms with Crippen LogP contribution < -0.4 is 0 Å². The van der Waals surface area contributed by atoms with E-state index in [1.54, 1.807) is 11.1 Å². The van der Waals surface area contributed by atoms with Gasteiger partial charge in [-0.3, -0.25) is 0 Å². The Morgan fingerprint density at radius 2 is 1.53 bits per heavy atom. The molecule has 104 valence electrons. The molecule has 2 aliphatic carbocycles. The van der Waals surface area contributed by atoms with Gasteiger partial charge in [0, 0.05) is 4.83 Å². The van der Waals surface area contributed by atoms with Crippen LogP contribution in [0.5, 0.6) is 0 Å². The fourth-order valence-electron chi connectivity index (χ4n) is 3.80. The van der Waals surface area contributed by atoms with Crippen LogP contribution in [0.4, 0.5) is 0 Å². The average Bonchev–Trinajstić information content (AvgIpc) is 2.75. The van der Waals surface area contributed by atoms with Crippen molar-refractivity contribution in [3.63, 3.8) is 0 Å². The third kappa shape index (κ3) is 3.24. The van der Waals surface area contributed by atoms with Gasteiger partial charge in [-0.25, -0.2) is 0 Å². The maximum absolute atomic E-state index is 4.01. The lowest BCUT2D eigenvalue weighted by atomic mass is 9.87. The van der Waals surface area contributed by atoms with Crippen LogP contribution in [0.3, 0.4) is 0 Å². The van der Waals surface area contributed by atoms with Crippen molar-refractivity contribution in [1.29, 1.82) is 0 Å². The lowest BCUT2D eigenvalue weighted by Gasteiger charge is -2.23. The number of benzene rings is 1. The van der Waals surface area contributed by atoms with Crippen LogP contribution in [0.15, 0.2) is 18.2 Å². The van der Waals surface area contributed by atoms with Crippen molar-refractivity contribution in [2.24, 2.45) is 5.92 Å². The van der Waals surface area contributed by atoms with E-state index in [2.05, 4.69) is 34.1 Å². The van der Waals surface area contributed by atoms with Gasteiger partial charge in [0.05, 0.1) is 0 Å². The molecular weight excluding hydrogens is 296 g/mol. The van der Waals surface area contributed by atoms with Crippen molar-refractivity contribution in [3.05, 3.63) is 34.9 Å². The molecule has 0 saturated heterocycles. The van der Waals surface area contributed by atoms with Crippen LogP contribution in [0.25, 0.3) is 0 Å². The zero-order valence-electron chi connectivity index (χ0n) is 11.8. The molecule has 0 aliphatic heterocycles. The van der Waals surface area contributed by atoms with Gasteiger partial charge in [0.2, 0.25) is 0 Å². The molecule has 0 heterocycles. The molecule has 1 aromatic rings. The summed E-state index contributed by atoms with van der Waals surface area (Å²) in [4.78, 5) is 0.581. The highest BCUT2D eigenvalue weighted by molar-refractivity contribution is 9.09. The number of rotatable bonds is 2. The monoisotopic (exact) mass is 320 g/mol. The minimum atomic E-state index is 0.581. The fourth-order valence-corrected chi connectivity index (χ4v) is 4.61. The van der Waals surface area contributed by atoms with Crippen molar-refractivity contribution >= 4 is 15.9 Å². The van der Waals surface area contributed by atoms with E-state index >= 15 is 0 Å². The minimum absolute atomic E-state index is 0.581. The standard InChI is InChI=1S/C18H25Br/c19-18(15-8-3-1-2-4-9-15)17-12-11-14-7-5-6-10-16(14)13-17/h11-13,15,18H,1-10H2. The van der Waals surface area contributed by atoms with E-state index in [4.69, 9.17) is 0 Å². The molecule has 0 spiro atoms. The number of hydrogen-bond donors (Lipinski definition) is 0.